The third-order valence-electron chi connectivity index (χ3n) is 2.45. The van der Waals surface area contributed by atoms with Gasteiger partial charge in [0, 0.05) is 5.69 Å². The number of nitrogen functional groups attached to an aromatic ring is 1. The van der Waals surface area contributed by atoms with Gasteiger partial charge in [-0.1, -0.05) is 42.5 Å². The topological polar surface area (TPSA) is 49.8 Å². The molecule has 17 heavy (non-hydrogen) atoms. The van der Waals surface area contributed by atoms with Crippen LogP contribution in [0.1, 0.15) is 11.1 Å². The summed E-state index contributed by atoms with van der Waals surface area (Å²) in [6, 6.07) is 19.3. The first-order valence-electron chi connectivity index (χ1n) is 5.32. The third kappa shape index (κ3) is 2.73. The Morgan fingerprint density at radius 1 is 1.00 bits per heavy atom. The van der Waals surface area contributed by atoms with Crippen LogP contribution in [0, 0.1) is 11.3 Å². The van der Waals surface area contributed by atoms with E-state index in [4.69, 9.17) is 11.0 Å². The zero-order valence-electron chi connectivity index (χ0n) is 9.30. The van der Waals surface area contributed by atoms with E-state index in [9.17, 15) is 0 Å². The van der Waals surface area contributed by atoms with Crippen molar-refractivity contribution in [2.45, 2.75) is 0 Å². The van der Waals surface area contributed by atoms with E-state index in [-0.39, 0.29) is 0 Å². The first-order valence-corrected chi connectivity index (χ1v) is 5.32. The predicted octanol–water partition coefficient (Wildman–Crippen LogP) is 3.33. The van der Waals surface area contributed by atoms with Crippen molar-refractivity contribution in [1.82, 2.24) is 0 Å². The van der Waals surface area contributed by atoms with Gasteiger partial charge >= 0.3 is 0 Å². The highest BCUT2D eigenvalue weighted by atomic mass is 14.5. The van der Waals surface area contributed by atoms with Crippen LogP contribution in [0.4, 0.5) is 5.69 Å². The van der Waals surface area contributed by atoms with E-state index < -0.39 is 0 Å². The molecule has 0 aliphatic rings. The molecule has 0 spiro atoms. The summed E-state index contributed by atoms with van der Waals surface area (Å²) in [5.74, 6) is 0. The van der Waals surface area contributed by atoms with E-state index in [1.54, 1.807) is 12.1 Å². The van der Waals surface area contributed by atoms with Gasteiger partial charge in [-0.25, -0.2) is 0 Å². The van der Waals surface area contributed by atoms with E-state index in [1.165, 1.54) is 0 Å². The Hall–Kier alpha value is -2.53. The fourth-order valence-electron chi connectivity index (χ4n) is 1.56. The van der Waals surface area contributed by atoms with Gasteiger partial charge in [-0.2, -0.15) is 5.26 Å². The summed E-state index contributed by atoms with van der Waals surface area (Å²) < 4.78 is 0. The van der Waals surface area contributed by atoms with Crippen molar-refractivity contribution in [3.8, 4) is 6.07 Å². The van der Waals surface area contributed by atoms with Gasteiger partial charge in [-0.3, -0.25) is 0 Å². The molecular weight excluding hydrogens is 208 g/mol. The first kappa shape index (κ1) is 11.0. The summed E-state index contributed by atoms with van der Waals surface area (Å²) >= 11 is 0. The Morgan fingerprint density at radius 2 is 1.65 bits per heavy atom. The summed E-state index contributed by atoms with van der Waals surface area (Å²) in [5, 5.41) is 9.16. The minimum absolute atomic E-state index is 0.635. The van der Waals surface area contributed by atoms with Crippen LogP contribution in [0.15, 0.2) is 54.6 Å². The molecule has 0 aromatic heterocycles. The summed E-state index contributed by atoms with van der Waals surface area (Å²) in [6.07, 6.45) is 1.87. The van der Waals surface area contributed by atoms with E-state index in [2.05, 4.69) is 6.07 Å². The van der Waals surface area contributed by atoms with E-state index in [0.29, 0.717) is 11.3 Å². The van der Waals surface area contributed by atoms with Crippen molar-refractivity contribution in [2.24, 2.45) is 0 Å². The van der Waals surface area contributed by atoms with Crippen LogP contribution in [0.5, 0.6) is 0 Å². The highest BCUT2D eigenvalue weighted by Crippen LogP contribution is 2.18. The Bertz CT molecular complexity index is 560. The molecule has 2 nitrogen and oxygen atoms in total. The van der Waals surface area contributed by atoms with Gasteiger partial charge in [-0.05, 0) is 29.3 Å². The average molecular weight is 220 g/mol. The highest BCUT2D eigenvalue weighted by molar-refractivity contribution is 5.89. The number of hydrogen-bond donors (Lipinski definition) is 1. The first-order chi connectivity index (χ1) is 8.29. The second-order valence-electron chi connectivity index (χ2n) is 3.70. The zero-order valence-corrected chi connectivity index (χ0v) is 9.30. The molecule has 0 bridgehead atoms. The Morgan fingerprint density at radius 3 is 2.24 bits per heavy atom. The van der Waals surface area contributed by atoms with Gasteiger partial charge in [0.1, 0.15) is 0 Å². The third-order valence-corrected chi connectivity index (χ3v) is 2.45. The quantitative estimate of drug-likeness (QED) is 0.479. The molecule has 0 saturated carbocycles. The fraction of sp³-hybridized carbons (Fsp3) is 0. The maximum absolute atomic E-state index is 9.16. The molecule has 0 atom stereocenters. The lowest BCUT2D eigenvalue weighted by Gasteiger charge is -2.00. The SMILES string of the molecule is N#CC(=Cc1ccccc1)c1ccc(N)cc1. The number of allylic oxidation sites excluding steroid dienone is 1. The minimum atomic E-state index is 0.635. The fourth-order valence-corrected chi connectivity index (χ4v) is 1.56. The maximum Gasteiger partial charge on any atom is 0.0998 e. The standard InChI is InChI=1S/C15H12N2/c16-11-14(10-12-4-2-1-3-5-12)13-6-8-15(17)9-7-13/h1-10H,17H2. The molecule has 2 rings (SSSR count). The smallest absolute Gasteiger partial charge is 0.0998 e. The van der Waals surface area contributed by atoms with E-state index >= 15 is 0 Å². The number of nitrogens with zero attached hydrogens (tertiary/aromatic N) is 1. The van der Waals surface area contributed by atoms with Gasteiger partial charge in [-0.15, -0.1) is 0 Å². The van der Waals surface area contributed by atoms with E-state index in [0.717, 1.165) is 11.1 Å². The van der Waals surface area contributed by atoms with Crippen LogP contribution < -0.4 is 5.73 Å². The largest absolute Gasteiger partial charge is 0.399 e. The van der Waals surface area contributed by atoms with Gasteiger partial charge < -0.3 is 5.73 Å². The second kappa shape index (κ2) is 5.00. The molecule has 0 aliphatic heterocycles. The predicted molar refractivity (Wildman–Crippen MR) is 70.8 cm³/mol. The summed E-state index contributed by atoms with van der Waals surface area (Å²) in [4.78, 5) is 0. The van der Waals surface area contributed by atoms with Gasteiger partial charge in [0.15, 0.2) is 0 Å². The van der Waals surface area contributed by atoms with Crippen LogP contribution in [-0.2, 0) is 0 Å². The molecule has 0 saturated heterocycles. The molecule has 0 unspecified atom stereocenters. The van der Waals surface area contributed by atoms with Crippen LogP contribution in [0.3, 0.4) is 0 Å². The van der Waals surface area contributed by atoms with Gasteiger partial charge in [0.25, 0.3) is 0 Å². The lowest BCUT2D eigenvalue weighted by molar-refractivity contribution is 1.52. The lowest BCUT2D eigenvalue weighted by atomic mass is 10.0. The highest BCUT2D eigenvalue weighted by Gasteiger charge is 2.00. The minimum Gasteiger partial charge on any atom is -0.399 e. The van der Waals surface area contributed by atoms with Crippen molar-refractivity contribution in [3.63, 3.8) is 0 Å². The number of rotatable bonds is 2. The number of anilines is 1. The van der Waals surface area contributed by atoms with Crippen molar-refractivity contribution in [2.75, 3.05) is 5.73 Å². The molecule has 0 heterocycles. The van der Waals surface area contributed by atoms with Crippen molar-refractivity contribution in [1.29, 1.82) is 5.26 Å². The zero-order chi connectivity index (χ0) is 12.1. The van der Waals surface area contributed by atoms with Crippen molar-refractivity contribution < 1.29 is 0 Å². The molecule has 2 heteroatoms. The monoisotopic (exact) mass is 220 g/mol. The second-order valence-corrected chi connectivity index (χ2v) is 3.70. The summed E-state index contributed by atoms with van der Waals surface area (Å²) in [5.41, 5.74) is 8.85. The van der Waals surface area contributed by atoms with E-state index in [1.807, 2.05) is 48.5 Å². The normalized spacial score (nSPS) is 10.9. The Kier molecular flexibility index (Phi) is 3.23. The Balaban J connectivity index is 2.38. The Labute approximate surface area is 101 Å². The lowest BCUT2D eigenvalue weighted by Crippen LogP contribution is -1.86. The number of nitriles is 1. The summed E-state index contributed by atoms with van der Waals surface area (Å²) in [7, 11) is 0. The van der Waals surface area contributed by atoms with Crippen LogP contribution in [-0.4, -0.2) is 0 Å². The van der Waals surface area contributed by atoms with Crippen LogP contribution in [0.2, 0.25) is 0 Å². The molecule has 2 aromatic carbocycles. The van der Waals surface area contributed by atoms with Gasteiger partial charge in [0.2, 0.25) is 0 Å². The van der Waals surface area contributed by atoms with Crippen LogP contribution >= 0.6 is 0 Å². The number of nitrogens with two attached hydrogens (primary N) is 1. The molecule has 0 fully saturated rings. The number of benzene rings is 2. The van der Waals surface area contributed by atoms with Crippen molar-refractivity contribution >= 4 is 17.3 Å². The van der Waals surface area contributed by atoms with Crippen LogP contribution in [0.25, 0.3) is 11.6 Å². The molecule has 82 valence electrons. The average Bonchev–Trinajstić information content (AvgIpc) is 2.38. The maximum atomic E-state index is 9.16. The van der Waals surface area contributed by atoms with Gasteiger partial charge in [0.05, 0.1) is 11.6 Å². The number of hydrogen-bond acceptors (Lipinski definition) is 2. The molecule has 0 aliphatic carbocycles. The molecule has 2 N–H and O–H groups in total. The molecule has 0 amide bonds. The van der Waals surface area contributed by atoms with Crippen molar-refractivity contribution in [3.05, 3.63) is 65.7 Å². The molecular formula is C15H12N2. The molecule has 2 aromatic rings. The molecule has 0 radical (unpaired) electrons. The summed E-state index contributed by atoms with van der Waals surface area (Å²) in [6.45, 7) is 0.